The van der Waals surface area contributed by atoms with Gasteiger partial charge in [0.25, 0.3) is 0 Å². The molecule has 0 amide bonds. The minimum atomic E-state index is -4.44. The maximum Gasteiger partial charge on any atom is 0.417 e. The van der Waals surface area contributed by atoms with E-state index in [1.807, 2.05) is 22.6 Å². The van der Waals surface area contributed by atoms with Gasteiger partial charge in [0.1, 0.15) is 5.82 Å². The molecule has 0 saturated carbocycles. The van der Waals surface area contributed by atoms with Gasteiger partial charge >= 0.3 is 6.18 Å². The van der Waals surface area contributed by atoms with E-state index in [2.05, 4.69) is 9.97 Å². The van der Waals surface area contributed by atoms with Crippen LogP contribution in [0.25, 0.3) is 11.4 Å². The Labute approximate surface area is 114 Å². The third-order valence-electron chi connectivity index (χ3n) is 2.34. The summed E-state index contributed by atoms with van der Waals surface area (Å²) in [4.78, 5) is 6.49. The van der Waals surface area contributed by atoms with E-state index >= 15 is 0 Å². The molecule has 0 bridgehead atoms. The summed E-state index contributed by atoms with van der Waals surface area (Å²) in [6.07, 6.45) is -3.13. The number of rotatable bonds is 2. The van der Waals surface area contributed by atoms with Crippen LogP contribution in [-0.4, -0.2) is 15.1 Å². The summed E-state index contributed by atoms with van der Waals surface area (Å²) in [5, 5.41) is 8.88. The molecule has 0 atom stereocenters. The molecule has 0 radical (unpaired) electrons. The number of alkyl halides is 3. The predicted octanol–water partition coefficient (Wildman–Crippen LogP) is 3.19. The lowest BCUT2D eigenvalue weighted by Crippen LogP contribution is -2.08. The van der Waals surface area contributed by atoms with E-state index in [0.717, 1.165) is 6.07 Å². The van der Waals surface area contributed by atoms with Crippen molar-refractivity contribution >= 4 is 22.6 Å². The minimum Gasteiger partial charge on any atom is -0.390 e. The SMILES string of the molecule is OCc1cnc(-c2ccc(I)cc2C(F)(F)F)[nH]1. The zero-order chi connectivity index (χ0) is 13.3. The molecule has 1 aromatic heterocycles. The molecule has 2 aromatic rings. The van der Waals surface area contributed by atoms with Crippen LogP contribution >= 0.6 is 22.6 Å². The highest BCUT2D eigenvalue weighted by molar-refractivity contribution is 14.1. The molecule has 0 aliphatic heterocycles. The molecule has 0 unspecified atom stereocenters. The van der Waals surface area contributed by atoms with Crippen molar-refractivity contribution in [3.8, 4) is 11.4 Å². The van der Waals surface area contributed by atoms with Crippen molar-refractivity contribution in [3.63, 3.8) is 0 Å². The first-order valence-corrected chi connectivity index (χ1v) is 6.01. The number of aliphatic hydroxyl groups excluding tert-OH is 1. The molecule has 0 saturated heterocycles. The zero-order valence-electron chi connectivity index (χ0n) is 8.92. The fraction of sp³-hybridized carbons (Fsp3) is 0.182. The normalized spacial score (nSPS) is 11.8. The number of hydrogen-bond acceptors (Lipinski definition) is 2. The van der Waals surface area contributed by atoms with Gasteiger partial charge in [0.15, 0.2) is 0 Å². The number of H-pyrrole nitrogens is 1. The van der Waals surface area contributed by atoms with Gasteiger partial charge in [0.05, 0.1) is 24.1 Å². The summed E-state index contributed by atoms with van der Waals surface area (Å²) in [5.41, 5.74) is -0.396. The fourth-order valence-electron chi connectivity index (χ4n) is 1.53. The van der Waals surface area contributed by atoms with E-state index in [9.17, 15) is 13.2 Å². The molecule has 1 aromatic carbocycles. The smallest absolute Gasteiger partial charge is 0.390 e. The number of aliphatic hydroxyl groups is 1. The topological polar surface area (TPSA) is 48.9 Å². The zero-order valence-corrected chi connectivity index (χ0v) is 11.1. The lowest BCUT2D eigenvalue weighted by molar-refractivity contribution is -0.137. The summed E-state index contributed by atoms with van der Waals surface area (Å²) in [6, 6.07) is 4.01. The van der Waals surface area contributed by atoms with Crippen molar-refractivity contribution in [3.05, 3.63) is 39.2 Å². The lowest BCUT2D eigenvalue weighted by atomic mass is 10.1. The monoisotopic (exact) mass is 368 g/mol. The van der Waals surface area contributed by atoms with Crippen LogP contribution in [0, 0.1) is 3.57 Å². The highest BCUT2D eigenvalue weighted by atomic mass is 127. The number of halogens is 4. The Balaban J connectivity index is 2.56. The predicted molar refractivity (Wildman–Crippen MR) is 67.7 cm³/mol. The van der Waals surface area contributed by atoms with Gasteiger partial charge in [-0.05, 0) is 40.8 Å². The summed E-state index contributed by atoms with van der Waals surface area (Å²) in [6.45, 7) is -0.293. The summed E-state index contributed by atoms with van der Waals surface area (Å²) in [7, 11) is 0. The van der Waals surface area contributed by atoms with Crippen molar-refractivity contribution in [1.29, 1.82) is 0 Å². The standard InChI is InChI=1S/C11H8F3IN2O/c12-11(13,14)9-3-6(15)1-2-8(9)10-16-4-7(5-18)17-10/h1-4,18H,5H2,(H,16,17). The first kappa shape index (κ1) is 13.3. The molecule has 2 rings (SSSR count). The van der Waals surface area contributed by atoms with Gasteiger partial charge < -0.3 is 10.1 Å². The van der Waals surface area contributed by atoms with E-state index in [1.54, 1.807) is 6.07 Å². The van der Waals surface area contributed by atoms with E-state index < -0.39 is 11.7 Å². The Bertz CT molecular complexity index is 566. The van der Waals surface area contributed by atoms with Gasteiger partial charge in [0, 0.05) is 9.13 Å². The summed E-state index contributed by atoms with van der Waals surface area (Å²) in [5.74, 6) is 0.0998. The van der Waals surface area contributed by atoms with Gasteiger partial charge in [-0.1, -0.05) is 0 Å². The van der Waals surface area contributed by atoms with Crippen LogP contribution in [0.4, 0.5) is 13.2 Å². The number of nitrogens with one attached hydrogen (secondary N) is 1. The van der Waals surface area contributed by atoms with E-state index in [-0.39, 0.29) is 18.0 Å². The second-order valence-electron chi connectivity index (χ2n) is 3.60. The van der Waals surface area contributed by atoms with Crippen molar-refractivity contribution in [2.24, 2.45) is 0 Å². The van der Waals surface area contributed by atoms with Crippen LogP contribution in [0.2, 0.25) is 0 Å². The van der Waals surface area contributed by atoms with E-state index in [0.29, 0.717) is 9.26 Å². The van der Waals surface area contributed by atoms with Gasteiger partial charge in [-0.15, -0.1) is 0 Å². The summed E-state index contributed by atoms with van der Waals surface area (Å²) < 4.78 is 39.2. The molecule has 96 valence electrons. The molecule has 18 heavy (non-hydrogen) atoms. The molecule has 0 aliphatic rings. The van der Waals surface area contributed by atoms with E-state index in [4.69, 9.17) is 5.11 Å². The molecular weight excluding hydrogens is 360 g/mol. The van der Waals surface area contributed by atoms with Gasteiger partial charge in [-0.2, -0.15) is 13.2 Å². The highest BCUT2D eigenvalue weighted by Crippen LogP contribution is 2.36. The quantitative estimate of drug-likeness (QED) is 0.801. The first-order chi connectivity index (χ1) is 8.41. The van der Waals surface area contributed by atoms with Crippen molar-refractivity contribution < 1.29 is 18.3 Å². The van der Waals surface area contributed by atoms with Crippen LogP contribution in [0.1, 0.15) is 11.3 Å². The lowest BCUT2D eigenvalue weighted by Gasteiger charge is -2.11. The van der Waals surface area contributed by atoms with Gasteiger partial charge in [-0.3, -0.25) is 0 Å². The number of aromatic amines is 1. The molecule has 2 N–H and O–H groups in total. The maximum absolute atomic E-state index is 12.9. The Morgan fingerprint density at radius 2 is 2.06 bits per heavy atom. The molecule has 0 fully saturated rings. The molecule has 3 nitrogen and oxygen atoms in total. The Hall–Kier alpha value is -1.09. The Morgan fingerprint density at radius 1 is 1.33 bits per heavy atom. The largest absolute Gasteiger partial charge is 0.417 e. The number of nitrogens with zero attached hydrogens (tertiary/aromatic N) is 1. The third-order valence-corrected chi connectivity index (χ3v) is 3.01. The second-order valence-corrected chi connectivity index (χ2v) is 4.85. The highest BCUT2D eigenvalue weighted by Gasteiger charge is 2.34. The van der Waals surface area contributed by atoms with E-state index in [1.165, 1.54) is 12.3 Å². The van der Waals surface area contributed by atoms with Crippen molar-refractivity contribution in [2.75, 3.05) is 0 Å². The second kappa shape index (κ2) is 4.88. The van der Waals surface area contributed by atoms with Crippen LogP contribution in [0.3, 0.4) is 0 Å². The van der Waals surface area contributed by atoms with Crippen LogP contribution in [0.15, 0.2) is 24.4 Å². The van der Waals surface area contributed by atoms with Crippen molar-refractivity contribution in [1.82, 2.24) is 9.97 Å². The molecule has 0 aliphatic carbocycles. The van der Waals surface area contributed by atoms with Crippen LogP contribution in [0.5, 0.6) is 0 Å². The number of hydrogen-bond donors (Lipinski definition) is 2. The maximum atomic E-state index is 12.9. The fourth-order valence-corrected chi connectivity index (χ4v) is 2.03. The molecule has 1 heterocycles. The number of imidazole rings is 1. The Kier molecular flexibility index (Phi) is 3.62. The molecular formula is C11H8F3IN2O. The molecule has 7 heteroatoms. The molecule has 0 spiro atoms. The van der Waals surface area contributed by atoms with Crippen LogP contribution < -0.4 is 0 Å². The number of benzene rings is 1. The average molecular weight is 368 g/mol. The first-order valence-electron chi connectivity index (χ1n) is 4.93. The number of aromatic nitrogens is 2. The van der Waals surface area contributed by atoms with Gasteiger partial charge in [-0.25, -0.2) is 4.98 Å². The average Bonchev–Trinajstić information content (AvgIpc) is 2.76. The van der Waals surface area contributed by atoms with Crippen LogP contribution in [-0.2, 0) is 12.8 Å². The van der Waals surface area contributed by atoms with Gasteiger partial charge in [0.2, 0.25) is 0 Å². The third kappa shape index (κ3) is 2.66. The van der Waals surface area contributed by atoms with Crippen molar-refractivity contribution in [2.45, 2.75) is 12.8 Å². The minimum absolute atomic E-state index is 0.0254. The summed E-state index contributed by atoms with van der Waals surface area (Å²) >= 11 is 1.82. The Morgan fingerprint density at radius 3 is 2.61 bits per heavy atom.